The number of halogens is 2. The van der Waals surface area contributed by atoms with E-state index in [1.54, 1.807) is 17.9 Å². The molecule has 1 saturated heterocycles. The van der Waals surface area contributed by atoms with E-state index in [1.165, 1.54) is 6.07 Å². The van der Waals surface area contributed by atoms with E-state index < -0.39 is 11.4 Å². The summed E-state index contributed by atoms with van der Waals surface area (Å²) in [6, 6.07) is 2.94. The van der Waals surface area contributed by atoms with Gasteiger partial charge in [-0.05, 0) is 69.1 Å². The highest BCUT2D eigenvalue weighted by atomic mass is 35.5. The van der Waals surface area contributed by atoms with Crippen LogP contribution in [0.3, 0.4) is 0 Å². The first kappa shape index (κ1) is 21.4. The SMILES string of the molecule is Cc1cc(CNC(=O)N(C[C@@H]2CCCN(C(=O)C3(O)CC3)C2)C2CC2)c(F)cc1Cl. The molecule has 30 heavy (non-hydrogen) atoms. The zero-order chi connectivity index (χ0) is 21.5. The number of hydrogen-bond donors (Lipinski definition) is 2. The van der Waals surface area contributed by atoms with Crippen LogP contribution < -0.4 is 5.32 Å². The number of piperidine rings is 1. The van der Waals surface area contributed by atoms with Crippen molar-refractivity contribution in [2.24, 2.45) is 5.92 Å². The van der Waals surface area contributed by atoms with E-state index in [0.29, 0.717) is 43.1 Å². The smallest absolute Gasteiger partial charge is 0.317 e. The first-order valence-electron chi connectivity index (χ1n) is 10.8. The van der Waals surface area contributed by atoms with Gasteiger partial charge in [-0.25, -0.2) is 9.18 Å². The van der Waals surface area contributed by atoms with Crippen LogP contribution in [0.25, 0.3) is 0 Å². The summed E-state index contributed by atoms with van der Waals surface area (Å²) in [7, 11) is 0. The second kappa shape index (κ2) is 8.35. The summed E-state index contributed by atoms with van der Waals surface area (Å²) in [5, 5.41) is 13.4. The molecule has 1 aromatic rings. The molecule has 4 rings (SSSR count). The van der Waals surface area contributed by atoms with Gasteiger partial charge in [-0.1, -0.05) is 11.6 Å². The lowest BCUT2D eigenvalue weighted by atomic mass is 9.96. The standard InChI is InChI=1S/C22H29ClFN3O3/c1-14-9-16(19(24)10-18(14)23)11-25-21(29)27(17-4-5-17)13-15-3-2-8-26(12-15)20(28)22(30)6-7-22/h9-10,15,17,30H,2-8,11-13H2,1H3,(H,25,29)/t15-/m1/s1. The van der Waals surface area contributed by atoms with Crippen molar-refractivity contribution in [1.29, 1.82) is 0 Å². The van der Waals surface area contributed by atoms with Gasteiger partial charge in [0.2, 0.25) is 0 Å². The topological polar surface area (TPSA) is 72.9 Å². The van der Waals surface area contributed by atoms with Crippen LogP contribution >= 0.6 is 11.6 Å². The zero-order valence-electron chi connectivity index (χ0n) is 17.3. The molecule has 3 amide bonds. The number of carbonyl (C=O) groups excluding carboxylic acids is 2. The van der Waals surface area contributed by atoms with Crippen LogP contribution in [0.4, 0.5) is 9.18 Å². The summed E-state index contributed by atoms with van der Waals surface area (Å²) in [5.74, 6) is -0.405. The lowest BCUT2D eigenvalue weighted by Crippen LogP contribution is -2.50. The van der Waals surface area contributed by atoms with Gasteiger partial charge in [0.1, 0.15) is 11.4 Å². The second-order valence-corrected chi connectivity index (χ2v) is 9.43. The first-order chi connectivity index (χ1) is 14.3. The molecule has 8 heteroatoms. The van der Waals surface area contributed by atoms with Gasteiger partial charge in [-0.2, -0.15) is 0 Å². The van der Waals surface area contributed by atoms with Crippen LogP contribution in [-0.2, 0) is 11.3 Å². The fourth-order valence-electron chi connectivity index (χ4n) is 4.21. The minimum atomic E-state index is -1.14. The zero-order valence-corrected chi connectivity index (χ0v) is 18.1. The Kier molecular flexibility index (Phi) is 5.95. The molecule has 2 saturated carbocycles. The predicted molar refractivity (Wildman–Crippen MR) is 112 cm³/mol. The molecular weight excluding hydrogens is 409 g/mol. The van der Waals surface area contributed by atoms with Gasteiger partial charge in [-0.3, -0.25) is 4.79 Å². The molecule has 1 heterocycles. The Balaban J connectivity index is 1.35. The van der Waals surface area contributed by atoms with Crippen molar-refractivity contribution >= 4 is 23.5 Å². The van der Waals surface area contributed by atoms with Gasteiger partial charge in [0.05, 0.1) is 0 Å². The van der Waals surface area contributed by atoms with Gasteiger partial charge < -0.3 is 20.2 Å². The fraction of sp³-hybridized carbons (Fsp3) is 0.636. The normalized spacial score (nSPS) is 22.5. The summed E-state index contributed by atoms with van der Waals surface area (Å²) in [6.07, 6.45) is 4.86. The molecule has 0 radical (unpaired) electrons. The molecule has 1 aromatic carbocycles. The molecule has 2 aliphatic carbocycles. The van der Waals surface area contributed by atoms with Gasteiger partial charge in [0.25, 0.3) is 5.91 Å². The molecule has 3 fully saturated rings. The van der Waals surface area contributed by atoms with Crippen molar-refractivity contribution in [2.45, 2.75) is 63.6 Å². The predicted octanol–water partition coefficient (Wildman–Crippen LogP) is 3.23. The molecule has 6 nitrogen and oxygen atoms in total. The van der Waals surface area contributed by atoms with Crippen molar-refractivity contribution in [3.8, 4) is 0 Å². The third-order valence-electron chi connectivity index (χ3n) is 6.39. The van der Waals surface area contributed by atoms with Crippen molar-refractivity contribution in [3.05, 3.63) is 34.1 Å². The third-order valence-corrected chi connectivity index (χ3v) is 6.80. The van der Waals surface area contributed by atoms with E-state index in [1.807, 2.05) is 4.90 Å². The van der Waals surface area contributed by atoms with Crippen molar-refractivity contribution in [2.75, 3.05) is 19.6 Å². The molecule has 1 atom stereocenters. The Bertz CT molecular complexity index is 841. The highest BCUT2D eigenvalue weighted by Gasteiger charge is 2.50. The number of amides is 3. The Morgan fingerprint density at radius 3 is 2.73 bits per heavy atom. The van der Waals surface area contributed by atoms with E-state index >= 15 is 0 Å². The molecule has 164 valence electrons. The number of urea groups is 1. The summed E-state index contributed by atoms with van der Waals surface area (Å²) in [5.41, 5.74) is 0.0368. The minimum Gasteiger partial charge on any atom is -0.380 e. The lowest BCUT2D eigenvalue weighted by molar-refractivity contribution is -0.144. The van der Waals surface area contributed by atoms with E-state index in [0.717, 1.165) is 31.2 Å². The van der Waals surface area contributed by atoms with Gasteiger partial charge in [0, 0.05) is 42.8 Å². The Morgan fingerprint density at radius 1 is 1.33 bits per heavy atom. The maximum atomic E-state index is 14.1. The maximum absolute atomic E-state index is 14.1. The number of aliphatic hydroxyl groups is 1. The Hall–Kier alpha value is -1.86. The summed E-state index contributed by atoms with van der Waals surface area (Å²) in [6.45, 7) is 3.72. The molecule has 0 bridgehead atoms. The average Bonchev–Trinajstić information content (AvgIpc) is 3.64. The van der Waals surface area contributed by atoms with Gasteiger partial charge in [-0.15, -0.1) is 0 Å². The number of aryl methyl sites for hydroxylation is 1. The van der Waals surface area contributed by atoms with Gasteiger partial charge in [0.15, 0.2) is 0 Å². The number of benzene rings is 1. The Labute approximate surface area is 181 Å². The van der Waals surface area contributed by atoms with Crippen LogP contribution in [0.1, 0.15) is 49.7 Å². The lowest BCUT2D eigenvalue weighted by Gasteiger charge is -2.36. The summed E-state index contributed by atoms with van der Waals surface area (Å²) < 4.78 is 14.1. The average molecular weight is 438 g/mol. The largest absolute Gasteiger partial charge is 0.380 e. The van der Waals surface area contributed by atoms with E-state index in [4.69, 9.17) is 11.6 Å². The van der Waals surface area contributed by atoms with Crippen LogP contribution in [0.15, 0.2) is 12.1 Å². The van der Waals surface area contributed by atoms with Crippen LogP contribution in [0.5, 0.6) is 0 Å². The fourth-order valence-corrected chi connectivity index (χ4v) is 4.36. The summed E-state index contributed by atoms with van der Waals surface area (Å²) in [4.78, 5) is 28.9. The van der Waals surface area contributed by atoms with Crippen molar-refractivity contribution in [1.82, 2.24) is 15.1 Å². The van der Waals surface area contributed by atoms with Crippen molar-refractivity contribution in [3.63, 3.8) is 0 Å². The maximum Gasteiger partial charge on any atom is 0.317 e. The minimum absolute atomic E-state index is 0.105. The number of rotatable bonds is 6. The van der Waals surface area contributed by atoms with E-state index in [9.17, 15) is 19.1 Å². The van der Waals surface area contributed by atoms with Crippen LogP contribution in [-0.4, -0.2) is 58.1 Å². The highest BCUT2D eigenvalue weighted by Crippen LogP contribution is 2.38. The van der Waals surface area contributed by atoms with Crippen molar-refractivity contribution < 1.29 is 19.1 Å². The molecule has 2 N–H and O–H groups in total. The monoisotopic (exact) mass is 437 g/mol. The molecule has 0 spiro atoms. The first-order valence-corrected chi connectivity index (χ1v) is 11.2. The third kappa shape index (κ3) is 4.72. The van der Waals surface area contributed by atoms with Gasteiger partial charge >= 0.3 is 6.03 Å². The number of likely N-dealkylation sites (tertiary alicyclic amines) is 1. The number of hydrogen-bond acceptors (Lipinski definition) is 3. The quantitative estimate of drug-likeness (QED) is 0.717. The second-order valence-electron chi connectivity index (χ2n) is 9.03. The van der Waals surface area contributed by atoms with E-state index in [2.05, 4.69) is 5.32 Å². The van der Waals surface area contributed by atoms with Crippen LogP contribution in [0, 0.1) is 18.7 Å². The Morgan fingerprint density at radius 2 is 2.07 bits per heavy atom. The molecule has 3 aliphatic rings. The number of nitrogens with zero attached hydrogens (tertiary/aromatic N) is 2. The molecular formula is C22H29ClFN3O3. The number of nitrogens with one attached hydrogen (secondary N) is 1. The molecule has 1 aliphatic heterocycles. The summed E-state index contributed by atoms with van der Waals surface area (Å²) >= 11 is 5.94. The molecule has 0 aromatic heterocycles. The number of carbonyl (C=O) groups is 2. The van der Waals surface area contributed by atoms with E-state index in [-0.39, 0.29) is 30.4 Å². The highest BCUT2D eigenvalue weighted by molar-refractivity contribution is 6.31. The van der Waals surface area contributed by atoms with Crippen LogP contribution in [0.2, 0.25) is 5.02 Å². The molecule has 0 unspecified atom stereocenters.